The standard InChI is InChI=1S/C13H8F7NOS/c1-21-7-4-2-3-5-8(7)23-10(21)6-9(22)11(14,15)12(16,17)13(18,19)20/h2-6H,1H3. The fourth-order valence-electron chi connectivity index (χ4n) is 1.78. The number of rotatable bonds is 3. The van der Waals surface area contributed by atoms with Gasteiger partial charge in [-0.2, -0.15) is 30.7 Å². The van der Waals surface area contributed by atoms with E-state index in [-0.39, 0.29) is 11.1 Å². The third-order valence-electron chi connectivity index (χ3n) is 3.09. The summed E-state index contributed by atoms with van der Waals surface area (Å²) in [4.78, 5) is 13.2. The first-order valence-electron chi connectivity index (χ1n) is 5.98. The summed E-state index contributed by atoms with van der Waals surface area (Å²) in [7, 11) is 1.37. The number of hydrogen-bond donors (Lipinski definition) is 0. The van der Waals surface area contributed by atoms with Crippen LogP contribution in [0.2, 0.25) is 0 Å². The molecule has 2 nitrogen and oxygen atoms in total. The number of ketones is 1. The van der Waals surface area contributed by atoms with Crippen molar-refractivity contribution in [1.82, 2.24) is 0 Å². The van der Waals surface area contributed by atoms with Crippen LogP contribution in [0.3, 0.4) is 0 Å². The fraction of sp³-hybridized carbons (Fsp3) is 0.308. The molecular weight excluding hydrogens is 351 g/mol. The average Bonchev–Trinajstić information content (AvgIpc) is 2.74. The monoisotopic (exact) mass is 359 g/mol. The van der Waals surface area contributed by atoms with E-state index in [0.29, 0.717) is 10.6 Å². The van der Waals surface area contributed by atoms with Crippen LogP contribution >= 0.6 is 11.8 Å². The molecule has 2 rings (SSSR count). The van der Waals surface area contributed by atoms with Gasteiger partial charge in [-0.05, 0) is 12.1 Å². The number of halogens is 7. The van der Waals surface area contributed by atoms with Gasteiger partial charge in [0.2, 0.25) is 5.78 Å². The molecule has 23 heavy (non-hydrogen) atoms. The number of alkyl halides is 7. The summed E-state index contributed by atoms with van der Waals surface area (Å²) in [5, 5.41) is -0.172. The fourth-order valence-corrected chi connectivity index (χ4v) is 2.86. The minimum absolute atomic E-state index is 0.102. The van der Waals surface area contributed by atoms with E-state index in [1.54, 1.807) is 24.3 Å². The topological polar surface area (TPSA) is 20.3 Å². The Balaban J connectivity index is 2.33. The van der Waals surface area contributed by atoms with E-state index in [1.807, 2.05) is 0 Å². The number of allylic oxidation sites excluding steroid dienone is 1. The summed E-state index contributed by atoms with van der Waals surface area (Å²) in [5.41, 5.74) is 0.516. The van der Waals surface area contributed by atoms with Gasteiger partial charge in [0, 0.05) is 18.0 Å². The van der Waals surface area contributed by atoms with Crippen molar-refractivity contribution in [3.05, 3.63) is 35.4 Å². The molecule has 1 aromatic carbocycles. The highest BCUT2D eigenvalue weighted by atomic mass is 32.2. The van der Waals surface area contributed by atoms with Crippen LogP contribution in [0.15, 0.2) is 40.3 Å². The lowest BCUT2D eigenvalue weighted by Gasteiger charge is -2.26. The van der Waals surface area contributed by atoms with Gasteiger partial charge >= 0.3 is 18.0 Å². The van der Waals surface area contributed by atoms with Crippen molar-refractivity contribution < 1.29 is 35.5 Å². The molecule has 0 N–H and O–H groups in total. The van der Waals surface area contributed by atoms with Gasteiger partial charge in [0.05, 0.1) is 10.7 Å². The molecule has 0 bridgehead atoms. The van der Waals surface area contributed by atoms with E-state index in [9.17, 15) is 35.5 Å². The predicted molar refractivity (Wildman–Crippen MR) is 69.7 cm³/mol. The van der Waals surface area contributed by atoms with Gasteiger partial charge in [0.25, 0.3) is 0 Å². The molecule has 0 saturated carbocycles. The van der Waals surface area contributed by atoms with Crippen molar-refractivity contribution in [2.75, 3.05) is 11.9 Å². The second kappa shape index (κ2) is 5.43. The molecule has 1 heterocycles. The molecule has 0 spiro atoms. The smallest absolute Gasteiger partial charge is 0.338 e. The maximum atomic E-state index is 13.3. The van der Waals surface area contributed by atoms with Gasteiger partial charge < -0.3 is 4.90 Å². The molecule has 10 heteroatoms. The average molecular weight is 359 g/mol. The molecule has 0 amide bonds. The van der Waals surface area contributed by atoms with Crippen molar-refractivity contribution in [3.8, 4) is 0 Å². The lowest BCUT2D eigenvalue weighted by Crippen LogP contribution is -2.55. The van der Waals surface area contributed by atoms with Gasteiger partial charge in [-0.15, -0.1) is 0 Å². The Bertz CT molecular complexity index is 669. The molecular formula is C13H8F7NOS. The Labute approximate surface area is 129 Å². The molecule has 126 valence electrons. The molecule has 0 fully saturated rings. The summed E-state index contributed by atoms with van der Waals surface area (Å²) in [6, 6.07) is 6.41. The minimum atomic E-state index is -6.54. The number of nitrogens with zero attached hydrogens (tertiary/aromatic N) is 1. The van der Waals surface area contributed by atoms with Crippen LogP contribution in [0.1, 0.15) is 0 Å². The maximum Gasteiger partial charge on any atom is 0.460 e. The van der Waals surface area contributed by atoms with Crippen LogP contribution in [0, 0.1) is 0 Å². The van der Waals surface area contributed by atoms with Crippen molar-refractivity contribution in [2.24, 2.45) is 0 Å². The number of fused-ring (bicyclic) bond motifs is 1. The highest BCUT2D eigenvalue weighted by Crippen LogP contribution is 2.49. The van der Waals surface area contributed by atoms with E-state index in [0.717, 1.165) is 11.8 Å². The number of carbonyl (C=O) groups excluding carboxylic acids is 1. The SMILES string of the molecule is CN1C(=CC(=O)C(F)(F)C(F)(F)C(F)(F)F)Sc2ccccc21. The van der Waals surface area contributed by atoms with E-state index < -0.39 is 23.8 Å². The molecule has 0 radical (unpaired) electrons. The number of benzene rings is 1. The number of para-hydroxylation sites is 1. The van der Waals surface area contributed by atoms with E-state index in [4.69, 9.17) is 0 Å². The Hall–Kier alpha value is -1.71. The quantitative estimate of drug-likeness (QED) is 0.587. The summed E-state index contributed by atoms with van der Waals surface area (Å²) >= 11 is 0.814. The molecule has 0 unspecified atom stereocenters. The molecule has 0 aromatic heterocycles. The summed E-state index contributed by atoms with van der Waals surface area (Å²) < 4.78 is 88.5. The van der Waals surface area contributed by atoms with Crippen molar-refractivity contribution >= 4 is 23.2 Å². The van der Waals surface area contributed by atoms with Crippen molar-refractivity contribution in [3.63, 3.8) is 0 Å². The van der Waals surface area contributed by atoms with Crippen LogP contribution in [-0.4, -0.2) is 30.9 Å². The van der Waals surface area contributed by atoms with Gasteiger partial charge in [0.1, 0.15) is 0 Å². The highest BCUT2D eigenvalue weighted by molar-refractivity contribution is 8.03. The highest BCUT2D eigenvalue weighted by Gasteiger charge is 2.75. The van der Waals surface area contributed by atoms with Crippen LogP contribution in [0.5, 0.6) is 0 Å². The molecule has 0 aliphatic carbocycles. The first kappa shape index (κ1) is 17.6. The van der Waals surface area contributed by atoms with Gasteiger partial charge in [-0.3, -0.25) is 4.79 Å². The minimum Gasteiger partial charge on any atom is -0.338 e. The Morgan fingerprint density at radius 3 is 2.17 bits per heavy atom. The third-order valence-corrected chi connectivity index (χ3v) is 4.25. The maximum absolute atomic E-state index is 13.3. The van der Waals surface area contributed by atoms with E-state index in [2.05, 4.69) is 0 Å². The number of anilines is 1. The third kappa shape index (κ3) is 2.79. The van der Waals surface area contributed by atoms with E-state index in [1.165, 1.54) is 11.9 Å². The van der Waals surface area contributed by atoms with Crippen LogP contribution in [0.4, 0.5) is 36.4 Å². The van der Waals surface area contributed by atoms with Crippen LogP contribution < -0.4 is 4.90 Å². The summed E-state index contributed by atoms with van der Waals surface area (Å²) in [6.45, 7) is 0. The first-order valence-corrected chi connectivity index (χ1v) is 6.80. The zero-order valence-electron chi connectivity index (χ0n) is 11.3. The Morgan fingerprint density at radius 1 is 1.09 bits per heavy atom. The van der Waals surface area contributed by atoms with Crippen LogP contribution in [-0.2, 0) is 4.79 Å². The Kier molecular flexibility index (Phi) is 4.16. The zero-order valence-corrected chi connectivity index (χ0v) is 12.1. The largest absolute Gasteiger partial charge is 0.460 e. The molecule has 1 aliphatic rings. The molecule has 1 aromatic rings. The van der Waals surface area contributed by atoms with Gasteiger partial charge in [-0.25, -0.2) is 0 Å². The first-order chi connectivity index (χ1) is 10.4. The predicted octanol–water partition coefficient (Wildman–Crippen LogP) is 4.47. The number of carbonyl (C=O) groups is 1. The second-order valence-corrected chi connectivity index (χ2v) is 5.68. The lowest BCUT2D eigenvalue weighted by molar-refractivity contribution is -0.342. The van der Waals surface area contributed by atoms with Crippen molar-refractivity contribution in [1.29, 1.82) is 0 Å². The summed E-state index contributed by atoms with van der Waals surface area (Å²) in [6.07, 6.45) is -6.44. The van der Waals surface area contributed by atoms with Gasteiger partial charge in [-0.1, -0.05) is 23.9 Å². The van der Waals surface area contributed by atoms with Crippen molar-refractivity contribution in [2.45, 2.75) is 22.9 Å². The molecule has 0 saturated heterocycles. The summed E-state index contributed by atoms with van der Waals surface area (Å²) in [5.74, 6) is -15.0. The Morgan fingerprint density at radius 2 is 1.65 bits per heavy atom. The lowest BCUT2D eigenvalue weighted by atomic mass is 10.1. The normalized spacial score (nSPS) is 17.6. The number of thioether (sulfide) groups is 1. The second-order valence-electron chi connectivity index (χ2n) is 4.62. The van der Waals surface area contributed by atoms with E-state index >= 15 is 0 Å². The molecule has 0 atom stereocenters. The van der Waals surface area contributed by atoms with Gasteiger partial charge in [0.15, 0.2) is 0 Å². The zero-order chi connectivity index (χ0) is 17.6. The molecule has 1 aliphatic heterocycles. The van der Waals surface area contributed by atoms with Crippen LogP contribution in [0.25, 0.3) is 0 Å². The number of hydrogen-bond acceptors (Lipinski definition) is 3.